The molecule has 2 heterocycles. The summed E-state index contributed by atoms with van der Waals surface area (Å²) in [4.78, 5) is 2.34. The Kier molecular flexibility index (Phi) is 2.98. The Labute approximate surface area is 106 Å². The number of likely N-dealkylation sites (N-methyl/N-ethyl adjacent to an activating group) is 1. The van der Waals surface area contributed by atoms with Gasteiger partial charge in [-0.1, -0.05) is 0 Å². The molecule has 2 aromatic rings. The van der Waals surface area contributed by atoms with Gasteiger partial charge in [-0.15, -0.1) is 10.2 Å². The largest absolute Gasteiger partial charge is 0.423 e. The zero-order valence-corrected chi connectivity index (χ0v) is 10.3. The second kappa shape index (κ2) is 4.78. The van der Waals surface area contributed by atoms with Crippen LogP contribution in [-0.2, 0) is 0 Å². The highest BCUT2D eigenvalue weighted by Gasteiger charge is 2.18. The number of hydrogen-bond donors (Lipinski definition) is 1. The van der Waals surface area contributed by atoms with E-state index >= 15 is 0 Å². The fraction of sp³-hybridized carbons (Fsp3) is 0.385. The van der Waals surface area contributed by atoms with Gasteiger partial charge >= 0.3 is 0 Å². The summed E-state index contributed by atoms with van der Waals surface area (Å²) >= 11 is 0. The average molecular weight is 244 g/mol. The fourth-order valence-corrected chi connectivity index (χ4v) is 2.30. The molecule has 94 valence electrons. The molecule has 0 saturated carbocycles. The maximum atomic E-state index is 5.16. The van der Waals surface area contributed by atoms with E-state index in [2.05, 4.69) is 39.6 Å². The molecule has 18 heavy (non-hydrogen) atoms. The molecule has 1 aliphatic heterocycles. The van der Waals surface area contributed by atoms with E-state index in [1.165, 1.54) is 12.8 Å². The van der Waals surface area contributed by atoms with Gasteiger partial charge in [0, 0.05) is 23.8 Å². The zero-order chi connectivity index (χ0) is 12.4. The van der Waals surface area contributed by atoms with Crippen LogP contribution < -0.4 is 5.32 Å². The number of aromatic nitrogens is 2. The Morgan fingerprint density at radius 2 is 2.17 bits per heavy atom. The van der Waals surface area contributed by atoms with E-state index in [1.807, 2.05) is 12.1 Å². The Hall–Kier alpha value is -1.88. The molecule has 0 radical (unpaired) electrons. The molecule has 0 spiro atoms. The molecule has 5 heteroatoms. The number of nitrogens with one attached hydrogen (secondary N) is 1. The lowest BCUT2D eigenvalue weighted by Crippen LogP contribution is -2.23. The Balaban J connectivity index is 1.68. The van der Waals surface area contributed by atoms with Gasteiger partial charge in [-0.3, -0.25) is 0 Å². The summed E-state index contributed by atoms with van der Waals surface area (Å²) in [6, 6.07) is 8.64. The van der Waals surface area contributed by atoms with Crippen molar-refractivity contribution < 1.29 is 4.42 Å². The van der Waals surface area contributed by atoms with Crippen LogP contribution in [0.5, 0.6) is 0 Å². The van der Waals surface area contributed by atoms with E-state index in [0.717, 1.165) is 24.3 Å². The number of anilines is 1. The first-order valence-electron chi connectivity index (χ1n) is 6.13. The van der Waals surface area contributed by atoms with E-state index in [0.29, 0.717) is 11.9 Å². The molecule has 0 bridgehead atoms. The van der Waals surface area contributed by atoms with Gasteiger partial charge in [-0.25, -0.2) is 0 Å². The first-order valence-corrected chi connectivity index (χ1v) is 6.13. The smallest absolute Gasteiger partial charge is 0.247 e. The molecule has 1 aromatic carbocycles. The van der Waals surface area contributed by atoms with Crippen LogP contribution in [0, 0.1) is 0 Å². The van der Waals surface area contributed by atoms with E-state index in [1.54, 1.807) is 0 Å². The lowest BCUT2D eigenvalue weighted by Gasteiger charge is -2.14. The third-order valence-corrected chi connectivity index (χ3v) is 3.25. The van der Waals surface area contributed by atoms with Crippen molar-refractivity contribution in [3.8, 4) is 11.5 Å². The third kappa shape index (κ3) is 2.36. The molecule has 1 N–H and O–H groups in total. The van der Waals surface area contributed by atoms with Crippen molar-refractivity contribution >= 4 is 5.69 Å². The molecule has 1 atom stereocenters. The molecule has 1 fully saturated rings. The number of rotatable bonds is 3. The highest BCUT2D eigenvalue weighted by molar-refractivity contribution is 5.58. The third-order valence-electron chi connectivity index (χ3n) is 3.25. The summed E-state index contributed by atoms with van der Waals surface area (Å²) < 4.78 is 5.16. The monoisotopic (exact) mass is 244 g/mol. The summed E-state index contributed by atoms with van der Waals surface area (Å²) in [6.45, 7) is 2.27. The topological polar surface area (TPSA) is 54.2 Å². The Morgan fingerprint density at radius 1 is 1.33 bits per heavy atom. The van der Waals surface area contributed by atoms with E-state index < -0.39 is 0 Å². The lowest BCUT2D eigenvalue weighted by atomic mass is 10.2. The van der Waals surface area contributed by atoms with Gasteiger partial charge in [0.25, 0.3) is 0 Å². The summed E-state index contributed by atoms with van der Waals surface area (Å²) in [7, 11) is 2.15. The van der Waals surface area contributed by atoms with Crippen LogP contribution in [0.4, 0.5) is 5.69 Å². The maximum Gasteiger partial charge on any atom is 0.247 e. The molecule has 1 aliphatic rings. The quantitative estimate of drug-likeness (QED) is 0.893. The molecule has 1 aromatic heterocycles. The van der Waals surface area contributed by atoms with E-state index in [4.69, 9.17) is 4.42 Å². The minimum atomic E-state index is 0.546. The second-order valence-electron chi connectivity index (χ2n) is 4.71. The summed E-state index contributed by atoms with van der Waals surface area (Å²) in [5, 5.41) is 11.1. The standard InChI is InChI=1S/C13H16N4O/c1-17-7-6-12(8-17)15-11-4-2-10(3-5-11)13-16-14-9-18-13/h2-5,9,12,15H,6-8H2,1H3. The number of hydrogen-bond acceptors (Lipinski definition) is 5. The van der Waals surface area contributed by atoms with Crippen LogP contribution in [0.1, 0.15) is 6.42 Å². The predicted octanol–water partition coefficient (Wildman–Crippen LogP) is 1.85. The second-order valence-corrected chi connectivity index (χ2v) is 4.71. The molecular weight excluding hydrogens is 228 g/mol. The van der Waals surface area contributed by atoms with Crippen LogP contribution in [0.3, 0.4) is 0 Å². The molecular formula is C13H16N4O. The molecule has 0 aliphatic carbocycles. The zero-order valence-electron chi connectivity index (χ0n) is 10.3. The minimum Gasteiger partial charge on any atom is -0.423 e. The first-order chi connectivity index (χ1) is 8.81. The van der Waals surface area contributed by atoms with Crippen LogP contribution in [-0.4, -0.2) is 41.3 Å². The molecule has 0 amide bonds. The summed E-state index contributed by atoms with van der Waals surface area (Å²) in [6.07, 6.45) is 2.54. The molecule has 1 unspecified atom stereocenters. The van der Waals surface area contributed by atoms with Crippen molar-refractivity contribution in [2.45, 2.75) is 12.5 Å². The summed E-state index contributed by atoms with van der Waals surface area (Å²) in [5.41, 5.74) is 2.08. The van der Waals surface area contributed by atoms with Crippen LogP contribution in [0.2, 0.25) is 0 Å². The molecule has 5 nitrogen and oxygen atoms in total. The first kappa shape index (κ1) is 11.2. The fourth-order valence-electron chi connectivity index (χ4n) is 2.30. The Morgan fingerprint density at radius 3 is 2.78 bits per heavy atom. The van der Waals surface area contributed by atoms with Crippen molar-refractivity contribution in [3.63, 3.8) is 0 Å². The van der Waals surface area contributed by atoms with Crippen LogP contribution >= 0.6 is 0 Å². The van der Waals surface area contributed by atoms with Gasteiger partial charge in [0.1, 0.15) is 0 Å². The highest BCUT2D eigenvalue weighted by Crippen LogP contribution is 2.20. The predicted molar refractivity (Wildman–Crippen MR) is 69.3 cm³/mol. The van der Waals surface area contributed by atoms with Crippen molar-refractivity contribution in [3.05, 3.63) is 30.7 Å². The number of nitrogens with zero attached hydrogens (tertiary/aromatic N) is 3. The number of benzene rings is 1. The van der Waals surface area contributed by atoms with Gasteiger partial charge in [-0.05, 0) is 44.3 Å². The maximum absolute atomic E-state index is 5.16. The lowest BCUT2D eigenvalue weighted by molar-refractivity contribution is 0.414. The average Bonchev–Trinajstić information content (AvgIpc) is 3.02. The van der Waals surface area contributed by atoms with Gasteiger partial charge in [0.2, 0.25) is 12.3 Å². The minimum absolute atomic E-state index is 0.546. The van der Waals surface area contributed by atoms with Gasteiger partial charge in [-0.2, -0.15) is 0 Å². The van der Waals surface area contributed by atoms with Gasteiger partial charge in [0.15, 0.2) is 0 Å². The van der Waals surface area contributed by atoms with Gasteiger partial charge < -0.3 is 14.6 Å². The van der Waals surface area contributed by atoms with Crippen molar-refractivity contribution in [1.82, 2.24) is 15.1 Å². The summed E-state index contributed by atoms with van der Waals surface area (Å²) in [5.74, 6) is 0.558. The van der Waals surface area contributed by atoms with Crippen LogP contribution in [0.25, 0.3) is 11.5 Å². The van der Waals surface area contributed by atoms with E-state index in [-0.39, 0.29) is 0 Å². The van der Waals surface area contributed by atoms with Gasteiger partial charge in [0.05, 0.1) is 0 Å². The molecule has 3 rings (SSSR count). The SMILES string of the molecule is CN1CCC(Nc2ccc(-c3nnco3)cc2)C1. The van der Waals surface area contributed by atoms with Crippen molar-refractivity contribution in [2.75, 3.05) is 25.5 Å². The van der Waals surface area contributed by atoms with E-state index in [9.17, 15) is 0 Å². The normalized spacial score (nSPS) is 20.2. The van der Waals surface area contributed by atoms with Crippen molar-refractivity contribution in [2.24, 2.45) is 0 Å². The Bertz CT molecular complexity index is 494. The number of likely N-dealkylation sites (tertiary alicyclic amines) is 1. The van der Waals surface area contributed by atoms with Crippen LogP contribution in [0.15, 0.2) is 35.1 Å². The molecule has 1 saturated heterocycles. The highest BCUT2D eigenvalue weighted by atomic mass is 16.4. The van der Waals surface area contributed by atoms with Crippen molar-refractivity contribution in [1.29, 1.82) is 0 Å².